The minimum Gasteiger partial charge on any atom is -0.492 e. The van der Waals surface area contributed by atoms with E-state index in [1.807, 2.05) is 0 Å². The minimum absolute atomic E-state index is 0.242. The Morgan fingerprint density at radius 3 is 2.83 bits per heavy atom. The zero-order chi connectivity index (χ0) is 12.8. The van der Waals surface area contributed by atoms with Gasteiger partial charge < -0.3 is 9.84 Å². The van der Waals surface area contributed by atoms with Crippen LogP contribution < -0.4 is 4.74 Å². The number of benzene rings is 1. The normalized spacial score (nSPS) is 20.2. The summed E-state index contributed by atoms with van der Waals surface area (Å²) in [7, 11) is 0. The average Bonchev–Trinajstić information content (AvgIpc) is 2.80. The molecule has 100 valence electrons. The summed E-state index contributed by atoms with van der Waals surface area (Å²) in [5.41, 5.74) is 0. The van der Waals surface area contributed by atoms with Crippen LogP contribution in [0.1, 0.15) is 12.8 Å². The Balaban J connectivity index is 1.65. The van der Waals surface area contributed by atoms with Crippen molar-refractivity contribution in [1.82, 2.24) is 4.90 Å². The second-order valence-electron chi connectivity index (χ2n) is 4.77. The zero-order valence-electron chi connectivity index (χ0n) is 10.5. The molecule has 1 unspecified atom stereocenters. The van der Waals surface area contributed by atoms with Gasteiger partial charge in [0, 0.05) is 19.7 Å². The Morgan fingerprint density at radius 1 is 1.33 bits per heavy atom. The molecule has 0 radical (unpaired) electrons. The number of hydrogen-bond acceptors (Lipinski definition) is 3. The number of rotatable bonds is 6. The molecule has 1 aliphatic rings. The van der Waals surface area contributed by atoms with Gasteiger partial charge in [-0.05, 0) is 49.6 Å². The summed E-state index contributed by atoms with van der Waals surface area (Å²) in [5, 5.41) is 8.89. The van der Waals surface area contributed by atoms with Crippen LogP contribution in [0.2, 0.25) is 0 Å². The lowest BCUT2D eigenvalue weighted by Crippen LogP contribution is -2.26. The highest BCUT2D eigenvalue weighted by molar-refractivity contribution is 5.21. The van der Waals surface area contributed by atoms with Crippen LogP contribution in [0, 0.1) is 11.7 Å². The highest BCUT2D eigenvalue weighted by atomic mass is 19.1. The van der Waals surface area contributed by atoms with E-state index in [2.05, 4.69) is 4.90 Å². The van der Waals surface area contributed by atoms with E-state index in [9.17, 15) is 4.39 Å². The molecule has 0 amide bonds. The lowest BCUT2D eigenvalue weighted by Gasteiger charge is -2.16. The fourth-order valence-electron chi connectivity index (χ4n) is 2.36. The number of hydrogen-bond donors (Lipinski definition) is 1. The van der Waals surface area contributed by atoms with Gasteiger partial charge in [0.2, 0.25) is 0 Å². The standard InChI is InChI=1S/C14H20FNO2/c15-13-1-3-14(4-2-13)18-10-8-16-7-5-12(11-16)6-9-17/h1-4,12,17H,5-11H2. The minimum atomic E-state index is -0.242. The molecule has 1 aromatic carbocycles. The highest BCUT2D eigenvalue weighted by Gasteiger charge is 2.21. The largest absolute Gasteiger partial charge is 0.492 e. The van der Waals surface area contributed by atoms with Crippen molar-refractivity contribution in [1.29, 1.82) is 0 Å². The van der Waals surface area contributed by atoms with Gasteiger partial charge in [0.1, 0.15) is 18.2 Å². The van der Waals surface area contributed by atoms with Crippen LogP contribution >= 0.6 is 0 Å². The molecular formula is C14H20FNO2. The first-order valence-corrected chi connectivity index (χ1v) is 6.49. The fourth-order valence-corrected chi connectivity index (χ4v) is 2.36. The molecule has 1 heterocycles. The van der Waals surface area contributed by atoms with Gasteiger partial charge in [0.25, 0.3) is 0 Å². The predicted molar refractivity (Wildman–Crippen MR) is 68.1 cm³/mol. The molecule has 0 aliphatic carbocycles. The number of nitrogens with zero attached hydrogens (tertiary/aromatic N) is 1. The van der Waals surface area contributed by atoms with E-state index < -0.39 is 0 Å². The number of likely N-dealkylation sites (tertiary alicyclic amines) is 1. The summed E-state index contributed by atoms with van der Waals surface area (Å²) in [4.78, 5) is 2.35. The topological polar surface area (TPSA) is 32.7 Å². The molecule has 1 aromatic rings. The van der Waals surface area contributed by atoms with Crippen LogP contribution in [0.3, 0.4) is 0 Å². The van der Waals surface area contributed by atoms with Crippen molar-refractivity contribution >= 4 is 0 Å². The lowest BCUT2D eigenvalue weighted by atomic mass is 10.1. The predicted octanol–water partition coefficient (Wildman–Crippen LogP) is 1.91. The Kier molecular flexibility index (Phi) is 4.96. The third kappa shape index (κ3) is 3.96. The third-order valence-electron chi connectivity index (χ3n) is 3.40. The maximum atomic E-state index is 12.7. The summed E-state index contributed by atoms with van der Waals surface area (Å²) in [6.45, 7) is 3.92. The zero-order valence-corrected chi connectivity index (χ0v) is 10.5. The van der Waals surface area contributed by atoms with Crippen LogP contribution in [-0.4, -0.2) is 42.9 Å². The van der Waals surface area contributed by atoms with Gasteiger partial charge in [-0.3, -0.25) is 4.90 Å². The highest BCUT2D eigenvalue weighted by Crippen LogP contribution is 2.18. The lowest BCUT2D eigenvalue weighted by molar-refractivity contribution is 0.222. The quantitative estimate of drug-likeness (QED) is 0.840. The Labute approximate surface area is 107 Å². The molecule has 1 aliphatic heterocycles. The van der Waals surface area contributed by atoms with Crippen molar-refractivity contribution in [3.8, 4) is 5.75 Å². The Hall–Kier alpha value is -1.13. The second-order valence-corrected chi connectivity index (χ2v) is 4.77. The molecule has 1 saturated heterocycles. The molecule has 1 N–H and O–H groups in total. The molecule has 3 nitrogen and oxygen atoms in total. The fraction of sp³-hybridized carbons (Fsp3) is 0.571. The van der Waals surface area contributed by atoms with Gasteiger partial charge in [-0.15, -0.1) is 0 Å². The number of halogens is 1. The molecule has 0 bridgehead atoms. The van der Waals surface area contributed by atoms with E-state index in [4.69, 9.17) is 9.84 Å². The van der Waals surface area contributed by atoms with Gasteiger partial charge in [0.15, 0.2) is 0 Å². The van der Waals surface area contributed by atoms with Gasteiger partial charge >= 0.3 is 0 Å². The molecule has 4 heteroatoms. The molecule has 18 heavy (non-hydrogen) atoms. The third-order valence-corrected chi connectivity index (χ3v) is 3.40. The van der Waals surface area contributed by atoms with E-state index in [0.717, 1.165) is 32.5 Å². The van der Waals surface area contributed by atoms with Crippen LogP contribution in [0.15, 0.2) is 24.3 Å². The summed E-state index contributed by atoms with van der Waals surface area (Å²) >= 11 is 0. The second kappa shape index (κ2) is 6.71. The molecular weight excluding hydrogens is 233 g/mol. The van der Waals surface area contributed by atoms with Gasteiger partial charge in [-0.25, -0.2) is 4.39 Å². The van der Waals surface area contributed by atoms with E-state index in [1.54, 1.807) is 12.1 Å². The number of aliphatic hydroxyl groups excluding tert-OH is 1. The van der Waals surface area contributed by atoms with Crippen molar-refractivity contribution in [3.05, 3.63) is 30.1 Å². The number of aliphatic hydroxyl groups is 1. The first kappa shape index (κ1) is 13.3. The van der Waals surface area contributed by atoms with E-state index in [0.29, 0.717) is 18.3 Å². The summed E-state index contributed by atoms with van der Waals surface area (Å²) in [5.74, 6) is 1.09. The smallest absolute Gasteiger partial charge is 0.123 e. The maximum Gasteiger partial charge on any atom is 0.123 e. The summed E-state index contributed by atoms with van der Waals surface area (Å²) in [6, 6.07) is 6.10. The number of ether oxygens (including phenoxy) is 1. The van der Waals surface area contributed by atoms with Gasteiger partial charge in [0.05, 0.1) is 0 Å². The van der Waals surface area contributed by atoms with Crippen LogP contribution in [0.4, 0.5) is 4.39 Å². The summed E-state index contributed by atoms with van der Waals surface area (Å²) in [6.07, 6.45) is 2.06. The van der Waals surface area contributed by atoms with Crippen molar-refractivity contribution < 1.29 is 14.2 Å². The molecule has 1 fully saturated rings. The van der Waals surface area contributed by atoms with Crippen LogP contribution in [-0.2, 0) is 0 Å². The SMILES string of the molecule is OCCC1CCN(CCOc2ccc(F)cc2)C1. The van der Waals surface area contributed by atoms with Crippen molar-refractivity contribution in [3.63, 3.8) is 0 Å². The first-order valence-electron chi connectivity index (χ1n) is 6.49. The Morgan fingerprint density at radius 2 is 2.11 bits per heavy atom. The van der Waals surface area contributed by atoms with Crippen molar-refractivity contribution in [2.24, 2.45) is 5.92 Å². The molecule has 0 spiro atoms. The average molecular weight is 253 g/mol. The van der Waals surface area contributed by atoms with Gasteiger partial charge in [-0.1, -0.05) is 0 Å². The maximum absolute atomic E-state index is 12.7. The summed E-state index contributed by atoms with van der Waals surface area (Å²) < 4.78 is 18.2. The van der Waals surface area contributed by atoms with E-state index >= 15 is 0 Å². The Bertz CT molecular complexity index is 355. The van der Waals surface area contributed by atoms with Crippen LogP contribution in [0.5, 0.6) is 5.75 Å². The molecule has 1 atom stereocenters. The monoisotopic (exact) mass is 253 g/mol. The van der Waals surface area contributed by atoms with Gasteiger partial charge in [-0.2, -0.15) is 0 Å². The van der Waals surface area contributed by atoms with Crippen molar-refractivity contribution in [2.45, 2.75) is 12.8 Å². The van der Waals surface area contributed by atoms with E-state index in [1.165, 1.54) is 12.1 Å². The molecule has 0 saturated carbocycles. The van der Waals surface area contributed by atoms with E-state index in [-0.39, 0.29) is 12.4 Å². The van der Waals surface area contributed by atoms with Crippen LogP contribution in [0.25, 0.3) is 0 Å². The molecule has 2 rings (SSSR count). The molecule has 0 aromatic heterocycles. The first-order chi connectivity index (χ1) is 8.78. The van der Waals surface area contributed by atoms with Crippen molar-refractivity contribution in [2.75, 3.05) is 32.8 Å².